The topological polar surface area (TPSA) is 74.6 Å². The zero-order chi connectivity index (χ0) is 18.9. The van der Waals surface area contributed by atoms with E-state index in [1.807, 2.05) is 6.92 Å². The molecule has 5 heteroatoms. The third kappa shape index (κ3) is 2.29. The Morgan fingerprint density at radius 1 is 1.31 bits per heavy atom. The molecule has 0 bridgehead atoms. The standard InChI is InChI=1S/C21H28O4S/c1-11-9-16-14-4-3-12-10-13(22)5-7-20(12,2)15(14)6-8-21(16,19(24)25)17(11)18(23)26/h5,7,10-11,14-17,19,24-25H,3-4,6,8-9H2,1-2H3,(H,23,26)/t11-,14-,15+,16+,17-,20+,21-/m1/s1. The summed E-state index contributed by atoms with van der Waals surface area (Å²) in [7, 11) is 0. The van der Waals surface area contributed by atoms with E-state index in [0.717, 1.165) is 25.7 Å². The minimum absolute atomic E-state index is 0.0714. The van der Waals surface area contributed by atoms with Gasteiger partial charge in [0, 0.05) is 16.7 Å². The van der Waals surface area contributed by atoms with Crippen molar-refractivity contribution in [1.82, 2.24) is 0 Å². The van der Waals surface area contributed by atoms with Crippen molar-refractivity contribution >= 4 is 23.5 Å². The molecule has 0 aromatic carbocycles. The van der Waals surface area contributed by atoms with Crippen LogP contribution in [0.2, 0.25) is 0 Å². The molecule has 4 rings (SSSR count). The predicted octanol–water partition coefficient (Wildman–Crippen LogP) is 2.90. The van der Waals surface area contributed by atoms with Gasteiger partial charge in [-0.15, -0.1) is 12.6 Å². The summed E-state index contributed by atoms with van der Waals surface area (Å²) >= 11 is 4.12. The van der Waals surface area contributed by atoms with Gasteiger partial charge in [0.25, 0.3) is 0 Å². The number of fused-ring (bicyclic) bond motifs is 5. The van der Waals surface area contributed by atoms with E-state index in [2.05, 4.69) is 25.6 Å². The summed E-state index contributed by atoms with van der Waals surface area (Å²) in [6.45, 7) is 4.27. The molecule has 3 saturated carbocycles. The number of hydrogen-bond donors (Lipinski definition) is 3. The van der Waals surface area contributed by atoms with Crippen LogP contribution in [0, 0.1) is 40.4 Å². The Labute approximate surface area is 160 Å². The fraction of sp³-hybridized carbons (Fsp3) is 0.714. The zero-order valence-corrected chi connectivity index (χ0v) is 16.3. The van der Waals surface area contributed by atoms with E-state index in [-0.39, 0.29) is 28.1 Å². The Morgan fingerprint density at radius 2 is 2.04 bits per heavy atom. The summed E-state index contributed by atoms with van der Waals surface area (Å²) in [6.07, 6.45) is 8.20. The molecule has 0 aromatic heterocycles. The molecule has 0 unspecified atom stereocenters. The van der Waals surface area contributed by atoms with Crippen molar-refractivity contribution in [2.75, 3.05) is 0 Å². The number of rotatable bonds is 2. The number of aliphatic hydroxyl groups excluding tert-OH is 1. The minimum Gasteiger partial charge on any atom is -0.368 e. The first kappa shape index (κ1) is 18.5. The van der Waals surface area contributed by atoms with Crippen molar-refractivity contribution in [2.45, 2.75) is 52.2 Å². The van der Waals surface area contributed by atoms with Gasteiger partial charge in [0.2, 0.25) is 0 Å². The van der Waals surface area contributed by atoms with Crippen LogP contribution in [-0.4, -0.2) is 27.4 Å². The van der Waals surface area contributed by atoms with Crippen molar-refractivity contribution < 1.29 is 19.8 Å². The highest BCUT2D eigenvalue weighted by Crippen LogP contribution is 2.68. The lowest BCUT2D eigenvalue weighted by atomic mass is 9.47. The lowest BCUT2D eigenvalue weighted by Crippen LogP contribution is -2.55. The lowest BCUT2D eigenvalue weighted by molar-refractivity contribution is -0.203. The van der Waals surface area contributed by atoms with Gasteiger partial charge in [-0.25, -0.2) is 0 Å². The van der Waals surface area contributed by atoms with Crippen LogP contribution in [0.3, 0.4) is 0 Å². The normalized spacial score (nSPS) is 47.2. The number of aliphatic hydroxyl groups is 2. The maximum Gasteiger partial charge on any atom is 0.190 e. The Kier molecular flexibility index (Phi) is 4.29. The number of thiol groups is 1. The molecule has 142 valence electrons. The van der Waals surface area contributed by atoms with Crippen molar-refractivity contribution in [3.8, 4) is 0 Å². The molecule has 0 amide bonds. The SMILES string of the molecule is C[C@@H]1C[C@H]2[C@@H]3CCC4=CC(=O)C=C[C@]4(C)[C@H]3CC[C@]2(C(O)O)[C@H]1C(=O)S. The largest absolute Gasteiger partial charge is 0.368 e. The average Bonchev–Trinajstić information content (AvgIpc) is 2.89. The van der Waals surface area contributed by atoms with Crippen LogP contribution < -0.4 is 0 Å². The van der Waals surface area contributed by atoms with Gasteiger partial charge in [0.1, 0.15) is 0 Å². The molecule has 2 N–H and O–H groups in total. The van der Waals surface area contributed by atoms with Crippen LogP contribution in [-0.2, 0) is 9.59 Å². The van der Waals surface area contributed by atoms with Gasteiger partial charge >= 0.3 is 0 Å². The highest BCUT2D eigenvalue weighted by Gasteiger charge is 2.65. The number of hydrogen-bond acceptors (Lipinski definition) is 4. The molecule has 4 aliphatic carbocycles. The first-order valence-electron chi connectivity index (χ1n) is 9.75. The van der Waals surface area contributed by atoms with E-state index in [0.29, 0.717) is 18.3 Å². The molecule has 3 fully saturated rings. The Hall–Kier alpha value is -0.910. The van der Waals surface area contributed by atoms with E-state index >= 15 is 0 Å². The highest BCUT2D eigenvalue weighted by molar-refractivity contribution is 7.96. The highest BCUT2D eigenvalue weighted by atomic mass is 32.1. The number of carbonyl (C=O) groups excluding carboxylic acids is 2. The van der Waals surface area contributed by atoms with Gasteiger partial charge in [-0.05, 0) is 67.9 Å². The van der Waals surface area contributed by atoms with Gasteiger partial charge in [0.05, 0.1) is 0 Å². The molecule has 0 saturated heterocycles. The van der Waals surface area contributed by atoms with Crippen LogP contribution >= 0.6 is 12.6 Å². The van der Waals surface area contributed by atoms with Crippen LogP contribution in [0.4, 0.5) is 0 Å². The van der Waals surface area contributed by atoms with Crippen molar-refractivity contribution in [3.05, 3.63) is 23.8 Å². The van der Waals surface area contributed by atoms with Crippen LogP contribution in [0.25, 0.3) is 0 Å². The molecule has 4 nitrogen and oxygen atoms in total. The lowest BCUT2D eigenvalue weighted by Gasteiger charge is -2.57. The molecule has 0 aliphatic heterocycles. The first-order chi connectivity index (χ1) is 12.2. The first-order valence-corrected chi connectivity index (χ1v) is 10.2. The van der Waals surface area contributed by atoms with Crippen molar-refractivity contribution in [2.24, 2.45) is 40.4 Å². The van der Waals surface area contributed by atoms with Gasteiger partial charge < -0.3 is 10.2 Å². The fourth-order valence-electron chi connectivity index (χ4n) is 7.20. The maximum absolute atomic E-state index is 12.3. The van der Waals surface area contributed by atoms with Gasteiger partial charge in [-0.2, -0.15) is 0 Å². The van der Waals surface area contributed by atoms with Crippen LogP contribution in [0.15, 0.2) is 23.8 Å². The van der Waals surface area contributed by atoms with E-state index in [1.54, 1.807) is 12.2 Å². The molecule has 0 spiro atoms. The Bertz CT molecular complexity index is 711. The maximum atomic E-state index is 12.3. The van der Waals surface area contributed by atoms with Crippen LogP contribution in [0.5, 0.6) is 0 Å². The third-order valence-electron chi connectivity index (χ3n) is 8.25. The Morgan fingerprint density at radius 3 is 2.69 bits per heavy atom. The third-order valence-corrected chi connectivity index (χ3v) is 8.53. The molecule has 0 heterocycles. The van der Waals surface area contributed by atoms with E-state index in [1.165, 1.54) is 5.57 Å². The second-order valence-electron chi connectivity index (χ2n) is 9.16. The molecule has 26 heavy (non-hydrogen) atoms. The van der Waals surface area contributed by atoms with E-state index in [9.17, 15) is 19.8 Å². The predicted molar refractivity (Wildman–Crippen MR) is 101 cm³/mol. The summed E-state index contributed by atoms with van der Waals surface area (Å²) in [5.41, 5.74) is 0.317. The van der Waals surface area contributed by atoms with Gasteiger partial charge in [0.15, 0.2) is 17.2 Å². The molecule has 0 aromatic rings. The number of allylic oxidation sites excluding steroid dienone is 4. The number of carbonyl (C=O) groups is 2. The van der Waals surface area contributed by atoms with Gasteiger partial charge in [-0.3, -0.25) is 9.59 Å². The summed E-state index contributed by atoms with van der Waals surface area (Å²) in [6, 6.07) is 0. The minimum atomic E-state index is -1.49. The molecular weight excluding hydrogens is 348 g/mol. The quantitative estimate of drug-likeness (QED) is 0.512. The molecular formula is C21H28O4S. The second kappa shape index (κ2) is 6.05. The summed E-state index contributed by atoms with van der Waals surface area (Å²) in [5, 5.41) is 20.6. The fourth-order valence-corrected chi connectivity index (χ4v) is 7.69. The van der Waals surface area contributed by atoms with E-state index < -0.39 is 17.6 Å². The average molecular weight is 377 g/mol. The Balaban J connectivity index is 1.75. The summed E-state index contributed by atoms with van der Waals surface area (Å²) in [4.78, 5) is 24.1. The monoisotopic (exact) mass is 376 g/mol. The van der Waals surface area contributed by atoms with Crippen molar-refractivity contribution in [3.63, 3.8) is 0 Å². The zero-order valence-electron chi connectivity index (χ0n) is 15.4. The number of ketones is 1. The van der Waals surface area contributed by atoms with Crippen LogP contribution in [0.1, 0.15) is 46.0 Å². The van der Waals surface area contributed by atoms with Crippen molar-refractivity contribution in [1.29, 1.82) is 0 Å². The smallest absolute Gasteiger partial charge is 0.190 e. The molecule has 7 atom stereocenters. The summed E-state index contributed by atoms with van der Waals surface area (Å²) in [5.74, 6) is 0.614. The summed E-state index contributed by atoms with van der Waals surface area (Å²) < 4.78 is 0. The van der Waals surface area contributed by atoms with E-state index in [4.69, 9.17) is 0 Å². The molecule has 0 radical (unpaired) electrons. The molecule has 4 aliphatic rings. The van der Waals surface area contributed by atoms with Gasteiger partial charge in [-0.1, -0.05) is 25.5 Å². The second-order valence-corrected chi connectivity index (χ2v) is 9.60.